The van der Waals surface area contributed by atoms with Gasteiger partial charge in [-0.05, 0) is 43.4 Å². The molecule has 1 aromatic carbocycles. The molecule has 0 radical (unpaired) electrons. The van der Waals surface area contributed by atoms with Crippen LogP contribution in [-0.2, 0) is 10.0 Å². The van der Waals surface area contributed by atoms with Crippen LogP contribution in [0.25, 0.3) is 0 Å². The SMILES string of the molecule is CCN(CC)S(=O)(=O)c1ccc(Cl)c(C(=O)N2CCCCC2C(C)C)c1. The molecule has 7 heteroatoms. The van der Waals surface area contributed by atoms with Gasteiger partial charge in [-0.2, -0.15) is 4.31 Å². The largest absolute Gasteiger partial charge is 0.335 e. The first-order chi connectivity index (χ1) is 12.2. The molecule has 1 amide bonds. The molecular formula is C19H29ClN2O3S. The predicted octanol–water partition coefficient (Wildman–Crippen LogP) is 4.02. The second kappa shape index (κ2) is 8.72. The molecule has 26 heavy (non-hydrogen) atoms. The molecule has 0 aromatic heterocycles. The van der Waals surface area contributed by atoms with Crippen molar-refractivity contribution in [2.45, 2.75) is 57.9 Å². The van der Waals surface area contributed by atoms with Gasteiger partial charge >= 0.3 is 0 Å². The summed E-state index contributed by atoms with van der Waals surface area (Å²) in [5.74, 6) is 0.172. The zero-order chi connectivity index (χ0) is 19.5. The van der Waals surface area contributed by atoms with Crippen LogP contribution in [0, 0.1) is 5.92 Å². The van der Waals surface area contributed by atoms with Crippen LogP contribution in [0.5, 0.6) is 0 Å². The van der Waals surface area contributed by atoms with Gasteiger partial charge in [0, 0.05) is 25.7 Å². The Bertz CT molecular complexity index is 745. The third-order valence-corrected chi connectivity index (χ3v) is 7.47. The summed E-state index contributed by atoms with van der Waals surface area (Å²) in [5.41, 5.74) is 0.271. The number of carbonyl (C=O) groups is 1. The summed E-state index contributed by atoms with van der Waals surface area (Å²) in [6.07, 6.45) is 3.04. The maximum absolute atomic E-state index is 13.2. The van der Waals surface area contributed by atoms with E-state index in [1.807, 2.05) is 4.90 Å². The highest BCUT2D eigenvalue weighted by Crippen LogP contribution is 2.29. The van der Waals surface area contributed by atoms with E-state index in [1.54, 1.807) is 13.8 Å². The van der Waals surface area contributed by atoms with Gasteiger partial charge in [-0.25, -0.2) is 8.42 Å². The van der Waals surface area contributed by atoms with Crippen LogP contribution in [0.3, 0.4) is 0 Å². The number of nitrogens with zero attached hydrogens (tertiary/aromatic N) is 2. The van der Waals surface area contributed by atoms with Gasteiger partial charge in [0.15, 0.2) is 0 Å². The fourth-order valence-electron chi connectivity index (χ4n) is 3.60. The maximum atomic E-state index is 13.2. The number of halogens is 1. The van der Waals surface area contributed by atoms with Crippen molar-refractivity contribution >= 4 is 27.5 Å². The van der Waals surface area contributed by atoms with Gasteiger partial charge in [-0.3, -0.25) is 4.79 Å². The second-order valence-corrected chi connectivity index (χ2v) is 9.38. The van der Waals surface area contributed by atoms with Crippen molar-refractivity contribution < 1.29 is 13.2 Å². The first kappa shape index (κ1) is 21.2. The summed E-state index contributed by atoms with van der Waals surface area (Å²) in [6.45, 7) is 9.26. The first-order valence-corrected chi connectivity index (χ1v) is 11.2. The van der Waals surface area contributed by atoms with Crippen LogP contribution in [0.2, 0.25) is 5.02 Å². The lowest BCUT2D eigenvalue weighted by Crippen LogP contribution is -2.46. The van der Waals surface area contributed by atoms with E-state index in [0.29, 0.717) is 30.6 Å². The van der Waals surface area contributed by atoms with E-state index in [9.17, 15) is 13.2 Å². The zero-order valence-electron chi connectivity index (χ0n) is 16.0. The van der Waals surface area contributed by atoms with Gasteiger partial charge in [0.2, 0.25) is 10.0 Å². The fourth-order valence-corrected chi connectivity index (χ4v) is 5.28. The number of benzene rings is 1. The van der Waals surface area contributed by atoms with Crippen molar-refractivity contribution in [3.63, 3.8) is 0 Å². The van der Waals surface area contributed by atoms with Crippen LogP contribution >= 0.6 is 11.6 Å². The Labute approximate surface area is 162 Å². The smallest absolute Gasteiger partial charge is 0.255 e. The van der Waals surface area contributed by atoms with E-state index in [-0.39, 0.29) is 22.4 Å². The molecule has 1 heterocycles. The van der Waals surface area contributed by atoms with E-state index < -0.39 is 10.0 Å². The van der Waals surface area contributed by atoms with Crippen LogP contribution in [0.1, 0.15) is 57.3 Å². The van der Waals surface area contributed by atoms with Crippen molar-refractivity contribution in [1.29, 1.82) is 0 Å². The minimum Gasteiger partial charge on any atom is -0.335 e. The number of amides is 1. The Kier molecular flexibility index (Phi) is 7.11. The van der Waals surface area contributed by atoms with E-state index in [4.69, 9.17) is 11.6 Å². The molecule has 0 spiro atoms. The van der Waals surface area contributed by atoms with Gasteiger partial charge in [-0.1, -0.05) is 39.3 Å². The van der Waals surface area contributed by atoms with Crippen molar-refractivity contribution in [1.82, 2.24) is 9.21 Å². The second-order valence-electron chi connectivity index (χ2n) is 7.04. The predicted molar refractivity (Wildman–Crippen MR) is 105 cm³/mol. The fraction of sp³-hybridized carbons (Fsp3) is 0.632. The number of hydrogen-bond acceptors (Lipinski definition) is 3. The van der Waals surface area contributed by atoms with Crippen LogP contribution in [0.4, 0.5) is 0 Å². The van der Waals surface area contributed by atoms with Gasteiger partial charge in [-0.15, -0.1) is 0 Å². The number of carbonyl (C=O) groups excluding carboxylic acids is 1. The lowest BCUT2D eigenvalue weighted by molar-refractivity contribution is 0.0543. The van der Waals surface area contributed by atoms with Crippen LogP contribution in [0.15, 0.2) is 23.1 Å². The lowest BCUT2D eigenvalue weighted by Gasteiger charge is -2.38. The molecule has 1 atom stereocenters. The normalized spacial score (nSPS) is 18.6. The molecular weight excluding hydrogens is 372 g/mol. The molecule has 1 aromatic rings. The van der Waals surface area contributed by atoms with Crippen molar-refractivity contribution in [2.24, 2.45) is 5.92 Å². The summed E-state index contributed by atoms with van der Waals surface area (Å²) in [5, 5.41) is 0.293. The summed E-state index contributed by atoms with van der Waals surface area (Å²) >= 11 is 6.28. The molecule has 0 N–H and O–H groups in total. The molecule has 1 saturated heterocycles. The summed E-state index contributed by atoms with van der Waals surface area (Å²) in [7, 11) is -3.63. The average molecular weight is 401 g/mol. The number of rotatable bonds is 6. The topological polar surface area (TPSA) is 57.7 Å². The molecule has 1 fully saturated rings. The van der Waals surface area contributed by atoms with Crippen molar-refractivity contribution in [2.75, 3.05) is 19.6 Å². The minimum atomic E-state index is -3.63. The van der Waals surface area contributed by atoms with E-state index >= 15 is 0 Å². The molecule has 1 aliphatic rings. The summed E-state index contributed by atoms with van der Waals surface area (Å²) in [4.78, 5) is 15.1. The van der Waals surface area contributed by atoms with Gasteiger partial charge in [0.1, 0.15) is 0 Å². The maximum Gasteiger partial charge on any atom is 0.255 e. The highest BCUT2D eigenvalue weighted by molar-refractivity contribution is 7.89. The van der Waals surface area contributed by atoms with E-state index in [1.165, 1.54) is 22.5 Å². The molecule has 5 nitrogen and oxygen atoms in total. The van der Waals surface area contributed by atoms with Crippen LogP contribution < -0.4 is 0 Å². The van der Waals surface area contributed by atoms with Crippen molar-refractivity contribution in [3.8, 4) is 0 Å². The Hall–Kier alpha value is -1.11. The lowest BCUT2D eigenvalue weighted by atomic mass is 9.92. The van der Waals surface area contributed by atoms with Gasteiger partial charge < -0.3 is 4.90 Å². The zero-order valence-corrected chi connectivity index (χ0v) is 17.6. The number of hydrogen-bond donors (Lipinski definition) is 0. The highest BCUT2D eigenvalue weighted by Gasteiger charge is 2.31. The van der Waals surface area contributed by atoms with Gasteiger partial charge in [0.05, 0.1) is 15.5 Å². The minimum absolute atomic E-state index is 0.118. The molecule has 0 aliphatic carbocycles. The number of likely N-dealkylation sites (tertiary alicyclic amines) is 1. The molecule has 0 bridgehead atoms. The quantitative estimate of drug-likeness (QED) is 0.724. The monoisotopic (exact) mass is 400 g/mol. The van der Waals surface area contributed by atoms with Crippen molar-refractivity contribution in [3.05, 3.63) is 28.8 Å². The molecule has 146 valence electrons. The standard InChI is InChI=1S/C19H29ClN2O3S/c1-5-21(6-2)26(24,25)15-10-11-17(20)16(13-15)19(23)22-12-8-7-9-18(22)14(3)4/h10-11,13-14,18H,5-9,12H2,1-4H3. The van der Waals surface area contributed by atoms with E-state index in [2.05, 4.69) is 13.8 Å². The Morgan fingerprint density at radius 3 is 2.50 bits per heavy atom. The highest BCUT2D eigenvalue weighted by atomic mass is 35.5. The third-order valence-electron chi connectivity index (χ3n) is 5.09. The molecule has 2 rings (SSSR count). The number of piperidine rings is 1. The molecule has 1 unspecified atom stereocenters. The Balaban J connectivity index is 2.42. The molecule has 0 saturated carbocycles. The van der Waals surface area contributed by atoms with Gasteiger partial charge in [0.25, 0.3) is 5.91 Å². The van der Waals surface area contributed by atoms with Crippen LogP contribution in [-0.4, -0.2) is 49.2 Å². The first-order valence-electron chi connectivity index (χ1n) is 9.34. The number of sulfonamides is 1. The Morgan fingerprint density at radius 1 is 1.27 bits per heavy atom. The summed E-state index contributed by atoms with van der Waals surface area (Å²) < 4.78 is 27.0. The molecule has 1 aliphatic heterocycles. The third kappa shape index (κ3) is 4.24. The average Bonchev–Trinajstić information content (AvgIpc) is 2.62. The van der Waals surface area contributed by atoms with E-state index in [0.717, 1.165) is 19.3 Å². The Morgan fingerprint density at radius 2 is 1.92 bits per heavy atom. The summed E-state index contributed by atoms with van der Waals surface area (Å²) in [6, 6.07) is 4.59.